The van der Waals surface area contributed by atoms with Crippen molar-refractivity contribution >= 4 is 11.7 Å². The van der Waals surface area contributed by atoms with Crippen LogP contribution in [0.5, 0.6) is 0 Å². The van der Waals surface area contributed by atoms with E-state index in [0.29, 0.717) is 18.3 Å². The van der Waals surface area contributed by atoms with Gasteiger partial charge in [0.25, 0.3) is 5.91 Å². The van der Waals surface area contributed by atoms with Crippen LogP contribution in [0.15, 0.2) is 12.3 Å². The maximum atomic E-state index is 13.2. The molecule has 2 atom stereocenters. The number of halogens is 1. The molecule has 0 bridgehead atoms. The van der Waals surface area contributed by atoms with E-state index in [1.54, 1.807) is 7.05 Å². The van der Waals surface area contributed by atoms with Crippen LogP contribution in [0.2, 0.25) is 0 Å². The van der Waals surface area contributed by atoms with Gasteiger partial charge in [0.05, 0.1) is 17.9 Å². The lowest BCUT2D eigenvalue weighted by Gasteiger charge is -2.17. The van der Waals surface area contributed by atoms with Gasteiger partial charge in [-0.25, -0.2) is 9.37 Å². The van der Waals surface area contributed by atoms with Crippen LogP contribution in [0.3, 0.4) is 0 Å². The second kappa shape index (κ2) is 6.65. The Kier molecular flexibility index (Phi) is 4.89. The number of carbonyl (C=O) groups excluding carboxylic acids is 1. The van der Waals surface area contributed by atoms with Gasteiger partial charge >= 0.3 is 0 Å². The fourth-order valence-electron chi connectivity index (χ4n) is 2.51. The maximum Gasteiger partial charge on any atom is 0.255 e. The van der Waals surface area contributed by atoms with E-state index >= 15 is 0 Å². The Labute approximate surface area is 117 Å². The highest BCUT2D eigenvalue weighted by atomic mass is 19.1. The molecule has 2 rings (SSSR count). The SMILES string of the molecule is CCC1OCCC1CNC(=O)c1cc(F)cnc1NC. The quantitative estimate of drug-likeness (QED) is 0.864. The van der Waals surface area contributed by atoms with Crippen LogP contribution in [0.25, 0.3) is 0 Å². The van der Waals surface area contributed by atoms with E-state index in [2.05, 4.69) is 22.5 Å². The predicted molar refractivity (Wildman–Crippen MR) is 74.2 cm³/mol. The van der Waals surface area contributed by atoms with Crippen LogP contribution in [0, 0.1) is 11.7 Å². The number of carbonyl (C=O) groups is 1. The predicted octanol–water partition coefficient (Wildman–Crippen LogP) is 1.81. The topological polar surface area (TPSA) is 63.2 Å². The van der Waals surface area contributed by atoms with Crippen molar-refractivity contribution in [3.05, 3.63) is 23.6 Å². The highest BCUT2D eigenvalue weighted by Crippen LogP contribution is 2.22. The fourth-order valence-corrected chi connectivity index (χ4v) is 2.51. The Morgan fingerprint density at radius 1 is 1.60 bits per heavy atom. The van der Waals surface area contributed by atoms with Gasteiger partial charge in [0.2, 0.25) is 0 Å². The summed E-state index contributed by atoms with van der Waals surface area (Å²) in [5, 5.41) is 5.63. The molecule has 5 nitrogen and oxygen atoms in total. The van der Waals surface area contributed by atoms with Crippen molar-refractivity contribution in [2.45, 2.75) is 25.9 Å². The van der Waals surface area contributed by atoms with Crippen LogP contribution in [-0.4, -0.2) is 37.2 Å². The van der Waals surface area contributed by atoms with E-state index in [0.717, 1.165) is 25.6 Å². The first-order valence-electron chi connectivity index (χ1n) is 6.88. The van der Waals surface area contributed by atoms with Gasteiger partial charge in [-0.15, -0.1) is 0 Å². The molecule has 0 saturated carbocycles. The van der Waals surface area contributed by atoms with E-state index in [-0.39, 0.29) is 17.6 Å². The summed E-state index contributed by atoms with van der Waals surface area (Å²) >= 11 is 0. The first-order valence-corrected chi connectivity index (χ1v) is 6.88. The molecule has 20 heavy (non-hydrogen) atoms. The standard InChI is InChI=1S/C14H20FN3O2/c1-3-12-9(4-5-20-12)7-18-14(19)11-6-10(15)8-17-13(11)16-2/h6,8-9,12H,3-5,7H2,1-2H3,(H,16,17)(H,18,19). The molecule has 1 aromatic heterocycles. The van der Waals surface area contributed by atoms with E-state index in [1.165, 1.54) is 6.07 Å². The van der Waals surface area contributed by atoms with Crippen molar-refractivity contribution in [1.29, 1.82) is 0 Å². The average molecular weight is 281 g/mol. The molecule has 2 N–H and O–H groups in total. The zero-order valence-corrected chi connectivity index (χ0v) is 11.8. The Morgan fingerprint density at radius 3 is 3.10 bits per heavy atom. The van der Waals surface area contributed by atoms with Gasteiger partial charge in [-0.05, 0) is 18.9 Å². The molecule has 1 aromatic rings. The summed E-state index contributed by atoms with van der Waals surface area (Å²) < 4.78 is 18.8. The second-order valence-electron chi connectivity index (χ2n) is 4.88. The normalized spacial score (nSPS) is 21.8. The number of ether oxygens (including phenoxy) is 1. The van der Waals surface area contributed by atoms with E-state index < -0.39 is 5.82 Å². The van der Waals surface area contributed by atoms with Crippen molar-refractivity contribution in [1.82, 2.24) is 10.3 Å². The lowest BCUT2D eigenvalue weighted by atomic mass is 9.99. The highest BCUT2D eigenvalue weighted by Gasteiger charge is 2.27. The van der Waals surface area contributed by atoms with Crippen molar-refractivity contribution < 1.29 is 13.9 Å². The van der Waals surface area contributed by atoms with E-state index in [1.807, 2.05) is 0 Å². The lowest BCUT2D eigenvalue weighted by molar-refractivity contribution is 0.0827. The molecule has 6 heteroatoms. The van der Waals surface area contributed by atoms with E-state index in [9.17, 15) is 9.18 Å². The van der Waals surface area contributed by atoms with Crippen LogP contribution < -0.4 is 10.6 Å². The fraction of sp³-hybridized carbons (Fsp3) is 0.571. The van der Waals surface area contributed by atoms with Gasteiger partial charge in [-0.3, -0.25) is 4.79 Å². The Morgan fingerprint density at radius 2 is 2.40 bits per heavy atom. The van der Waals surface area contributed by atoms with Gasteiger partial charge < -0.3 is 15.4 Å². The Hall–Kier alpha value is -1.69. The molecule has 1 saturated heterocycles. The number of hydrogen-bond donors (Lipinski definition) is 2. The van der Waals surface area contributed by atoms with Gasteiger partial charge in [0.15, 0.2) is 0 Å². The van der Waals surface area contributed by atoms with Gasteiger partial charge in [0.1, 0.15) is 11.6 Å². The molecule has 1 amide bonds. The maximum absolute atomic E-state index is 13.2. The molecule has 1 fully saturated rings. The number of nitrogens with zero attached hydrogens (tertiary/aromatic N) is 1. The smallest absolute Gasteiger partial charge is 0.255 e. The molecule has 1 aliphatic heterocycles. The molecule has 0 aromatic carbocycles. The van der Waals surface area contributed by atoms with Gasteiger partial charge in [0, 0.05) is 26.1 Å². The van der Waals surface area contributed by atoms with Crippen molar-refractivity contribution in [2.75, 3.05) is 25.5 Å². The van der Waals surface area contributed by atoms with Crippen LogP contribution in [-0.2, 0) is 4.74 Å². The molecule has 0 radical (unpaired) electrons. The third-order valence-corrected chi connectivity index (χ3v) is 3.61. The summed E-state index contributed by atoms with van der Waals surface area (Å²) in [6, 6.07) is 1.19. The summed E-state index contributed by atoms with van der Waals surface area (Å²) in [5.41, 5.74) is 0.222. The minimum absolute atomic E-state index is 0.199. The molecule has 2 heterocycles. The summed E-state index contributed by atoms with van der Waals surface area (Å²) in [7, 11) is 1.65. The summed E-state index contributed by atoms with van der Waals surface area (Å²) in [6.07, 6.45) is 3.16. The first-order chi connectivity index (χ1) is 9.65. The first kappa shape index (κ1) is 14.7. The molecule has 0 spiro atoms. The highest BCUT2D eigenvalue weighted by molar-refractivity contribution is 5.98. The number of aromatic nitrogens is 1. The zero-order valence-electron chi connectivity index (χ0n) is 11.8. The number of anilines is 1. The van der Waals surface area contributed by atoms with Gasteiger partial charge in [-0.2, -0.15) is 0 Å². The summed E-state index contributed by atoms with van der Waals surface area (Å²) in [4.78, 5) is 16.0. The molecule has 2 unspecified atom stereocenters. The molecular formula is C14H20FN3O2. The Bertz CT molecular complexity index is 481. The van der Waals surface area contributed by atoms with E-state index in [4.69, 9.17) is 4.74 Å². The minimum atomic E-state index is -0.523. The molecule has 0 aliphatic carbocycles. The molecular weight excluding hydrogens is 261 g/mol. The number of nitrogens with one attached hydrogen (secondary N) is 2. The number of pyridine rings is 1. The molecule has 1 aliphatic rings. The third kappa shape index (κ3) is 3.25. The monoisotopic (exact) mass is 281 g/mol. The van der Waals surface area contributed by atoms with Gasteiger partial charge in [-0.1, -0.05) is 6.92 Å². The Balaban J connectivity index is 2.00. The van der Waals surface area contributed by atoms with Crippen LogP contribution in [0.4, 0.5) is 10.2 Å². The third-order valence-electron chi connectivity index (χ3n) is 3.61. The average Bonchev–Trinajstić information content (AvgIpc) is 2.92. The number of amides is 1. The zero-order chi connectivity index (χ0) is 14.5. The molecule has 110 valence electrons. The van der Waals surface area contributed by atoms with Crippen molar-refractivity contribution in [3.8, 4) is 0 Å². The largest absolute Gasteiger partial charge is 0.378 e. The summed E-state index contributed by atoms with van der Waals surface area (Å²) in [6.45, 7) is 3.35. The van der Waals surface area contributed by atoms with Crippen molar-refractivity contribution in [2.24, 2.45) is 5.92 Å². The minimum Gasteiger partial charge on any atom is -0.378 e. The second-order valence-corrected chi connectivity index (χ2v) is 4.88. The van der Waals surface area contributed by atoms with Crippen molar-refractivity contribution in [3.63, 3.8) is 0 Å². The summed E-state index contributed by atoms with van der Waals surface area (Å²) in [5.74, 6) is -0.144. The number of rotatable bonds is 5. The van der Waals surface area contributed by atoms with Crippen LogP contribution in [0.1, 0.15) is 30.1 Å². The van der Waals surface area contributed by atoms with Crippen LogP contribution >= 0.6 is 0 Å². The lowest BCUT2D eigenvalue weighted by Crippen LogP contribution is -2.33. The number of hydrogen-bond acceptors (Lipinski definition) is 4.